The molecule has 0 bridgehead atoms. The van der Waals surface area contributed by atoms with Crippen molar-refractivity contribution in [3.63, 3.8) is 0 Å². The quantitative estimate of drug-likeness (QED) is 0.0641. The zero-order valence-corrected chi connectivity index (χ0v) is 36.3. The van der Waals surface area contributed by atoms with E-state index in [1.807, 2.05) is 22.7 Å². The third-order valence-corrected chi connectivity index (χ3v) is 16.7. The van der Waals surface area contributed by atoms with Crippen LogP contribution in [0, 0.1) is 0 Å². The van der Waals surface area contributed by atoms with Gasteiger partial charge in [-0.15, -0.1) is 45.3 Å². The van der Waals surface area contributed by atoms with Crippen LogP contribution in [0.4, 0.5) is 0 Å². The van der Waals surface area contributed by atoms with Gasteiger partial charge < -0.3 is 0 Å². The van der Waals surface area contributed by atoms with Gasteiger partial charge in [-0.05, 0) is 98.9 Å². The van der Waals surface area contributed by atoms with Crippen LogP contribution in [0.25, 0.3) is 61.2 Å². The van der Waals surface area contributed by atoms with E-state index in [0.717, 1.165) is 80.2 Å². The number of rotatable bonds is 22. The van der Waals surface area contributed by atoms with E-state index in [9.17, 15) is 9.59 Å². The van der Waals surface area contributed by atoms with E-state index in [-0.39, 0.29) is 10.9 Å². The molecule has 2 nitrogen and oxygen atoms in total. The van der Waals surface area contributed by atoms with Crippen LogP contribution in [0.2, 0.25) is 0 Å². The van der Waals surface area contributed by atoms with Gasteiger partial charge in [0.2, 0.25) is 0 Å². The SMILES string of the molecule is CCCCCCc1ccc(-c2sc3c(c2CCCCCC)c(=O)c2cc4c(cc23)c(=O)c2c(CCCCCC)c(-c3ccc(CCCCCC)s3)sc24)s1. The maximum Gasteiger partial charge on any atom is 0.195 e. The van der Waals surface area contributed by atoms with Crippen LogP contribution < -0.4 is 10.9 Å². The molecular weight excluding hydrogens is 737 g/mol. The van der Waals surface area contributed by atoms with E-state index in [2.05, 4.69) is 64.1 Å². The molecule has 0 aliphatic carbocycles. The van der Waals surface area contributed by atoms with Crippen molar-refractivity contribution in [3.05, 3.63) is 77.7 Å². The third-order valence-electron chi connectivity index (χ3n) is 11.5. The summed E-state index contributed by atoms with van der Waals surface area (Å²) in [5.41, 5.74) is 2.82. The molecule has 0 aliphatic heterocycles. The van der Waals surface area contributed by atoms with Crippen molar-refractivity contribution in [1.29, 1.82) is 0 Å². The monoisotopic (exact) mass is 794 g/mol. The summed E-state index contributed by atoms with van der Waals surface area (Å²) in [6.45, 7) is 9.05. The molecule has 0 saturated carbocycles. The molecular formula is C48H58O2S4. The highest BCUT2D eigenvalue weighted by Gasteiger charge is 2.26. The largest absolute Gasteiger partial charge is 0.289 e. The molecule has 54 heavy (non-hydrogen) atoms. The predicted octanol–water partition coefficient (Wildman–Crippen LogP) is 16.0. The zero-order chi connectivity index (χ0) is 37.6. The molecule has 0 unspecified atom stereocenters. The van der Waals surface area contributed by atoms with Crippen LogP contribution in [0.5, 0.6) is 0 Å². The van der Waals surface area contributed by atoms with Crippen LogP contribution in [0.3, 0.4) is 0 Å². The summed E-state index contributed by atoms with van der Waals surface area (Å²) < 4.78 is 2.18. The van der Waals surface area contributed by atoms with Crippen molar-refractivity contribution in [2.75, 3.05) is 0 Å². The van der Waals surface area contributed by atoms with Crippen LogP contribution >= 0.6 is 45.3 Å². The van der Waals surface area contributed by atoms with Gasteiger partial charge in [-0.25, -0.2) is 0 Å². The Balaban J connectivity index is 1.32. The molecule has 286 valence electrons. The Morgan fingerprint density at radius 2 is 0.778 bits per heavy atom. The molecule has 6 heteroatoms. The number of thiophene rings is 4. The Labute approximate surface area is 338 Å². The van der Waals surface area contributed by atoms with E-state index in [1.54, 1.807) is 22.7 Å². The summed E-state index contributed by atoms with van der Waals surface area (Å²) in [5.74, 6) is 0. The Kier molecular flexibility index (Phi) is 13.6. The summed E-state index contributed by atoms with van der Waals surface area (Å²) in [5, 5.41) is 5.40. The number of benzene rings is 1. The number of hydrogen-bond acceptors (Lipinski definition) is 6. The molecule has 0 saturated heterocycles. The zero-order valence-electron chi connectivity index (χ0n) is 33.1. The summed E-state index contributed by atoms with van der Waals surface area (Å²) >= 11 is 7.44. The fraction of sp³-hybridized carbons (Fsp3) is 0.500. The molecule has 7 aromatic rings. The minimum Gasteiger partial charge on any atom is -0.289 e. The second kappa shape index (κ2) is 18.5. The maximum absolute atomic E-state index is 14.6. The smallest absolute Gasteiger partial charge is 0.195 e. The minimum absolute atomic E-state index is 0.163. The molecule has 0 N–H and O–H groups in total. The van der Waals surface area contributed by atoms with Crippen molar-refractivity contribution in [2.24, 2.45) is 0 Å². The molecule has 4 heterocycles. The van der Waals surface area contributed by atoms with Gasteiger partial charge >= 0.3 is 0 Å². The highest BCUT2D eigenvalue weighted by molar-refractivity contribution is 7.27. The Bertz CT molecular complexity index is 2230. The van der Waals surface area contributed by atoms with Gasteiger partial charge in [-0.3, -0.25) is 9.59 Å². The van der Waals surface area contributed by atoms with Crippen LogP contribution in [-0.2, 0) is 25.7 Å². The molecule has 3 aromatic carbocycles. The molecule has 0 fully saturated rings. The lowest BCUT2D eigenvalue weighted by atomic mass is 10.0. The van der Waals surface area contributed by atoms with Gasteiger partial charge in [0.1, 0.15) is 0 Å². The maximum atomic E-state index is 14.6. The van der Waals surface area contributed by atoms with Gasteiger partial charge in [-0.1, -0.05) is 105 Å². The van der Waals surface area contributed by atoms with Crippen molar-refractivity contribution >= 4 is 87.1 Å². The number of unbranched alkanes of at least 4 members (excludes halogenated alkanes) is 12. The van der Waals surface area contributed by atoms with Gasteiger partial charge in [0.05, 0.1) is 0 Å². The molecule has 7 rings (SSSR count). The van der Waals surface area contributed by atoms with Crippen molar-refractivity contribution in [1.82, 2.24) is 0 Å². The Morgan fingerprint density at radius 1 is 0.407 bits per heavy atom. The summed E-state index contributed by atoms with van der Waals surface area (Å²) in [4.78, 5) is 37.3. The first kappa shape index (κ1) is 39.6. The Morgan fingerprint density at radius 3 is 1.15 bits per heavy atom. The Hall–Kier alpha value is -2.64. The lowest BCUT2D eigenvalue weighted by Crippen LogP contribution is -1.99. The number of hydrogen-bond donors (Lipinski definition) is 0. The molecule has 0 amide bonds. The van der Waals surface area contributed by atoms with Crippen LogP contribution in [0.1, 0.15) is 151 Å². The first-order valence-electron chi connectivity index (χ1n) is 21.3. The van der Waals surface area contributed by atoms with Crippen molar-refractivity contribution in [2.45, 2.75) is 156 Å². The van der Waals surface area contributed by atoms with Gasteiger partial charge in [0.25, 0.3) is 0 Å². The second-order valence-electron chi connectivity index (χ2n) is 15.6. The van der Waals surface area contributed by atoms with Crippen LogP contribution in [-0.4, -0.2) is 0 Å². The van der Waals surface area contributed by atoms with E-state index < -0.39 is 0 Å². The number of fused-ring (bicyclic) bond motifs is 6. The van der Waals surface area contributed by atoms with Gasteiger partial charge in [0.15, 0.2) is 10.9 Å². The highest BCUT2D eigenvalue weighted by Crippen LogP contribution is 2.48. The lowest BCUT2D eigenvalue weighted by molar-refractivity contribution is 0.669. The molecule has 4 aromatic heterocycles. The van der Waals surface area contributed by atoms with E-state index in [0.29, 0.717) is 0 Å². The highest BCUT2D eigenvalue weighted by atomic mass is 32.1. The molecule has 0 aliphatic rings. The van der Waals surface area contributed by atoms with E-state index in [1.165, 1.54) is 130 Å². The van der Waals surface area contributed by atoms with E-state index >= 15 is 0 Å². The average Bonchev–Trinajstić information content (AvgIpc) is 4.03. The topological polar surface area (TPSA) is 34.1 Å². The van der Waals surface area contributed by atoms with Crippen molar-refractivity contribution in [3.8, 4) is 19.5 Å². The molecule has 0 spiro atoms. The fourth-order valence-electron chi connectivity index (χ4n) is 8.46. The summed E-state index contributed by atoms with van der Waals surface area (Å²) in [7, 11) is 0. The van der Waals surface area contributed by atoms with Gasteiger partial charge in [0, 0.05) is 71.0 Å². The molecule has 0 atom stereocenters. The third kappa shape index (κ3) is 8.10. The van der Waals surface area contributed by atoms with E-state index in [4.69, 9.17) is 0 Å². The number of aryl methyl sites for hydroxylation is 4. The normalized spacial score (nSPS) is 12.2. The minimum atomic E-state index is 0.163. The second-order valence-corrected chi connectivity index (χ2v) is 20.0. The lowest BCUT2D eigenvalue weighted by Gasteiger charge is -2.03. The van der Waals surface area contributed by atoms with Gasteiger partial charge in [-0.2, -0.15) is 0 Å². The average molecular weight is 795 g/mol. The summed E-state index contributed by atoms with van der Waals surface area (Å²) in [6.07, 6.45) is 23.7. The molecule has 0 radical (unpaired) electrons. The predicted molar refractivity (Wildman–Crippen MR) is 245 cm³/mol. The van der Waals surface area contributed by atoms with Crippen LogP contribution in [0.15, 0.2) is 46.0 Å². The first-order chi connectivity index (χ1) is 26.5. The first-order valence-corrected chi connectivity index (χ1v) is 24.5. The summed E-state index contributed by atoms with van der Waals surface area (Å²) in [6, 6.07) is 13.5. The fourth-order valence-corrected chi connectivity index (χ4v) is 13.6. The standard InChI is InChI=1S/C48H58O2S4/c1-5-9-13-17-21-31-25-27-39(51-31)45-33(23-19-15-11-7-3)41-43(49)35-30-38-36(29-37(35)47(41)53-45)44(50)42-34(24-20-16-12-8-4)46(54-48(38)42)40-28-26-32(52-40)22-18-14-10-6-2/h25-30H,5-24H2,1-4H3. The van der Waals surface area contributed by atoms with Crippen molar-refractivity contribution < 1.29 is 0 Å².